The molecule has 0 bridgehead atoms. The summed E-state index contributed by atoms with van der Waals surface area (Å²) in [5, 5.41) is 21.8. The summed E-state index contributed by atoms with van der Waals surface area (Å²) in [6.07, 6.45) is 1.39. The Bertz CT molecular complexity index is 1450. The molecule has 1 aromatic heterocycles. The van der Waals surface area contributed by atoms with Crippen molar-refractivity contribution in [3.63, 3.8) is 0 Å². The Morgan fingerprint density at radius 2 is 1.70 bits per heavy atom. The molecular formula is C30H35N4O3+. The topological polar surface area (TPSA) is 87.2 Å². The van der Waals surface area contributed by atoms with Gasteiger partial charge in [-0.15, -0.1) is 0 Å². The number of benzene rings is 3. The first kappa shape index (κ1) is 25.0. The molecule has 1 fully saturated rings. The zero-order chi connectivity index (χ0) is 26.0. The van der Waals surface area contributed by atoms with Crippen LogP contribution in [0.1, 0.15) is 37.8 Å². The third kappa shape index (κ3) is 4.84. The first-order valence-corrected chi connectivity index (χ1v) is 13.2. The number of nitrogens with zero attached hydrogens (tertiary/aromatic N) is 2. The maximum absolute atomic E-state index is 12.3. The van der Waals surface area contributed by atoms with Gasteiger partial charge >= 0.3 is 0 Å². The number of aliphatic hydroxyl groups excluding tert-OH is 1. The number of piperidine rings is 1. The molecule has 2 aliphatic heterocycles. The number of hydrogen-bond donors (Lipinski definition) is 3. The number of rotatable bonds is 5. The highest BCUT2D eigenvalue weighted by Gasteiger charge is 2.34. The molecule has 0 radical (unpaired) electrons. The average Bonchev–Trinajstić information content (AvgIpc) is 2.94. The van der Waals surface area contributed by atoms with Crippen molar-refractivity contribution < 1.29 is 14.3 Å². The highest BCUT2D eigenvalue weighted by Crippen LogP contribution is 2.44. The van der Waals surface area contributed by atoms with Crippen LogP contribution < -0.4 is 15.6 Å². The van der Waals surface area contributed by atoms with E-state index in [1.54, 1.807) is 6.07 Å². The molecule has 0 unspecified atom stereocenters. The lowest BCUT2D eigenvalue weighted by Crippen LogP contribution is -2.52. The van der Waals surface area contributed by atoms with Gasteiger partial charge in [0, 0.05) is 42.3 Å². The van der Waals surface area contributed by atoms with E-state index in [1.165, 1.54) is 11.1 Å². The van der Waals surface area contributed by atoms with Gasteiger partial charge in [-0.25, -0.2) is 5.10 Å². The third-order valence-corrected chi connectivity index (χ3v) is 7.45. The highest BCUT2D eigenvalue weighted by atomic mass is 16.5. The second-order valence-electron chi connectivity index (χ2n) is 9.80. The SMILES string of the molecule is CC.CNc1ccc(C[N+]2(Cc3ccc4c(c3)-c3n[nH]c(=O)c5cccc(c35)O4)CCC(O)CC2)cc1. The van der Waals surface area contributed by atoms with Crippen LogP contribution in [0.25, 0.3) is 22.0 Å². The summed E-state index contributed by atoms with van der Waals surface area (Å²) in [5.41, 5.74) is 5.02. The highest BCUT2D eigenvalue weighted by molar-refractivity contribution is 6.01. The molecule has 7 nitrogen and oxygen atoms in total. The molecule has 6 rings (SSSR count). The summed E-state index contributed by atoms with van der Waals surface area (Å²) in [7, 11) is 1.93. The fourth-order valence-electron chi connectivity index (χ4n) is 5.56. The number of aromatic nitrogens is 2. The zero-order valence-corrected chi connectivity index (χ0v) is 21.8. The molecule has 3 N–H and O–H groups in total. The van der Waals surface area contributed by atoms with Crippen LogP contribution in [0.2, 0.25) is 0 Å². The molecule has 4 aromatic rings. The molecular weight excluding hydrogens is 464 g/mol. The molecule has 0 aliphatic carbocycles. The number of hydrogen-bond acceptors (Lipinski definition) is 5. The smallest absolute Gasteiger partial charge is 0.272 e. The van der Waals surface area contributed by atoms with Crippen LogP contribution in [-0.2, 0) is 13.1 Å². The minimum absolute atomic E-state index is 0.213. The summed E-state index contributed by atoms with van der Waals surface area (Å²) >= 11 is 0. The number of quaternary nitrogens is 1. The maximum atomic E-state index is 12.3. The molecule has 7 heteroatoms. The van der Waals surface area contributed by atoms with Gasteiger partial charge in [0.25, 0.3) is 5.56 Å². The lowest BCUT2D eigenvalue weighted by atomic mass is 9.97. The molecule has 0 spiro atoms. The predicted octanol–water partition coefficient (Wildman–Crippen LogP) is 5.44. The molecule has 1 saturated heterocycles. The van der Waals surface area contributed by atoms with E-state index in [2.05, 4.69) is 51.9 Å². The Morgan fingerprint density at radius 1 is 1.00 bits per heavy atom. The quantitative estimate of drug-likeness (QED) is 0.281. The molecule has 0 atom stereocenters. The van der Waals surface area contributed by atoms with E-state index < -0.39 is 0 Å². The van der Waals surface area contributed by atoms with Crippen molar-refractivity contribution in [1.82, 2.24) is 10.2 Å². The lowest BCUT2D eigenvalue weighted by Gasteiger charge is -2.43. The van der Waals surface area contributed by atoms with Crippen LogP contribution in [0.4, 0.5) is 5.69 Å². The lowest BCUT2D eigenvalue weighted by molar-refractivity contribution is -0.958. The van der Waals surface area contributed by atoms with E-state index in [0.29, 0.717) is 11.1 Å². The molecule has 3 aromatic carbocycles. The van der Waals surface area contributed by atoms with Crippen LogP contribution in [0.3, 0.4) is 0 Å². The van der Waals surface area contributed by atoms with Gasteiger partial charge in [-0.1, -0.05) is 32.0 Å². The number of ether oxygens (including phenoxy) is 1. The van der Waals surface area contributed by atoms with E-state index >= 15 is 0 Å². The third-order valence-electron chi connectivity index (χ3n) is 7.45. The maximum Gasteiger partial charge on any atom is 0.272 e. The summed E-state index contributed by atoms with van der Waals surface area (Å²) in [5.74, 6) is 1.41. The van der Waals surface area contributed by atoms with Crippen LogP contribution in [0, 0.1) is 0 Å². The average molecular weight is 500 g/mol. The van der Waals surface area contributed by atoms with Gasteiger partial charge < -0.3 is 19.6 Å². The minimum Gasteiger partial charge on any atom is -0.456 e. The van der Waals surface area contributed by atoms with E-state index in [0.717, 1.165) is 71.6 Å². The number of H-pyrrole nitrogens is 1. The second-order valence-corrected chi connectivity index (χ2v) is 9.80. The van der Waals surface area contributed by atoms with E-state index in [4.69, 9.17) is 4.74 Å². The Hall–Kier alpha value is -3.68. The number of anilines is 1. The van der Waals surface area contributed by atoms with Crippen molar-refractivity contribution in [3.05, 3.63) is 82.1 Å². The Morgan fingerprint density at radius 3 is 2.43 bits per heavy atom. The van der Waals surface area contributed by atoms with Gasteiger partial charge in [-0.3, -0.25) is 4.79 Å². The molecule has 3 heterocycles. The minimum atomic E-state index is -0.222. The molecule has 0 amide bonds. The fourth-order valence-corrected chi connectivity index (χ4v) is 5.56. The van der Waals surface area contributed by atoms with Crippen molar-refractivity contribution >= 4 is 16.5 Å². The van der Waals surface area contributed by atoms with Crippen LogP contribution in [-0.4, -0.2) is 46.0 Å². The first-order chi connectivity index (χ1) is 18.0. The first-order valence-electron chi connectivity index (χ1n) is 13.2. The van der Waals surface area contributed by atoms with Crippen molar-refractivity contribution in [2.75, 3.05) is 25.5 Å². The number of likely N-dealkylation sites (tertiary alicyclic amines) is 1. The van der Waals surface area contributed by atoms with E-state index in [1.807, 2.05) is 39.1 Å². The second kappa shape index (κ2) is 10.4. The van der Waals surface area contributed by atoms with Crippen molar-refractivity contribution in [2.24, 2.45) is 0 Å². The van der Waals surface area contributed by atoms with Gasteiger partial charge in [-0.05, 0) is 42.5 Å². The Kier molecular flexibility index (Phi) is 7.00. The zero-order valence-electron chi connectivity index (χ0n) is 21.8. The Labute approximate surface area is 217 Å². The molecule has 192 valence electrons. The normalized spacial score (nSPS) is 19.8. The van der Waals surface area contributed by atoms with Gasteiger partial charge in [0.15, 0.2) is 0 Å². The van der Waals surface area contributed by atoms with Gasteiger partial charge in [0.05, 0.1) is 30.0 Å². The van der Waals surface area contributed by atoms with Crippen LogP contribution in [0.15, 0.2) is 65.5 Å². The standard InChI is InChI=1S/C28H28N4O3.C2H6/c1-29-20-8-5-18(6-9-20)16-32(13-11-21(33)12-14-32)17-19-7-10-24-23(15-19)27-26-22(28(34)31-30-27)3-2-4-25(26)35-24;1-2/h2-10,15,21,29,33H,11-14,16-17H2,1H3;1-2H3/p+1. The van der Waals surface area contributed by atoms with Gasteiger partial charge in [-0.2, -0.15) is 5.10 Å². The van der Waals surface area contributed by atoms with E-state index in [9.17, 15) is 9.90 Å². The van der Waals surface area contributed by atoms with E-state index in [-0.39, 0.29) is 11.7 Å². The molecule has 0 saturated carbocycles. The summed E-state index contributed by atoms with van der Waals surface area (Å²) in [6, 6.07) is 20.4. The molecule has 37 heavy (non-hydrogen) atoms. The summed E-state index contributed by atoms with van der Waals surface area (Å²) < 4.78 is 7.06. The van der Waals surface area contributed by atoms with Crippen LogP contribution in [0.5, 0.6) is 11.5 Å². The fraction of sp³-hybridized carbons (Fsp3) is 0.333. The largest absolute Gasteiger partial charge is 0.456 e. The number of aliphatic hydroxyl groups is 1. The van der Waals surface area contributed by atoms with Gasteiger partial charge in [0.2, 0.25) is 0 Å². The molecule has 2 aliphatic rings. The predicted molar refractivity (Wildman–Crippen MR) is 148 cm³/mol. The summed E-state index contributed by atoms with van der Waals surface area (Å²) in [6.45, 7) is 7.61. The number of aromatic amines is 1. The van der Waals surface area contributed by atoms with Crippen molar-refractivity contribution in [1.29, 1.82) is 0 Å². The van der Waals surface area contributed by atoms with Crippen molar-refractivity contribution in [3.8, 4) is 22.8 Å². The van der Waals surface area contributed by atoms with Gasteiger partial charge in [0.1, 0.15) is 30.3 Å². The monoisotopic (exact) mass is 499 g/mol. The van der Waals surface area contributed by atoms with Crippen molar-refractivity contribution in [2.45, 2.75) is 45.9 Å². The number of nitrogens with one attached hydrogen (secondary N) is 2. The summed E-state index contributed by atoms with van der Waals surface area (Å²) in [4.78, 5) is 12.3. The number of fused-ring (bicyclic) bond motifs is 2. The Balaban J connectivity index is 0.00000137. The van der Waals surface area contributed by atoms with Crippen LogP contribution >= 0.6 is 0 Å².